The molecule has 0 aliphatic carbocycles. The number of aryl methyl sites for hydroxylation is 1. The van der Waals surface area contributed by atoms with E-state index >= 15 is 0 Å². The van der Waals surface area contributed by atoms with E-state index in [2.05, 4.69) is 31.1 Å². The highest BCUT2D eigenvalue weighted by molar-refractivity contribution is 5.78. The van der Waals surface area contributed by atoms with Crippen LogP contribution in [0.25, 0.3) is 11.1 Å². The Morgan fingerprint density at radius 2 is 2.00 bits per heavy atom. The highest BCUT2D eigenvalue weighted by atomic mass is 16.5. The van der Waals surface area contributed by atoms with E-state index in [-0.39, 0.29) is 0 Å². The predicted octanol–water partition coefficient (Wildman–Crippen LogP) is 2.80. The fourth-order valence-electron chi connectivity index (χ4n) is 1.94. The van der Waals surface area contributed by atoms with E-state index in [0.717, 1.165) is 16.9 Å². The highest BCUT2D eigenvalue weighted by Gasteiger charge is 2.13. The molecule has 4 heteroatoms. The molecule has 2 N–H and O–H groups in total. The van der Waals surface area contributed by atoms with Gasteiger partial charge in [-0.05, 0) is 17.5 Å². The zero-order chi connectivity index (χ0) is 13.3. The van der Waals surface area contributed by atoms with Crippen molar-refractivity contribution in [1.29, 1.82) is 0 Å². The molecule has 1 aromatic heterocycles. The molecule has 0 aliphatic rings. The average Bonchev–Trinajstić information content (AvgIpc) is 2.69. The van der Waals surface area contributed by atoms with Gasteiger partial charge in [-0.25, -0.2) is 0 Å². The fourth-order valence-corrected chi connectivity index (χ4v) is 1.94. The van der Waals surface area contributed by atoms with Crippen LogP contribution in [0.3, 0.4) is 0 Å². The Balaban J connectivity index is 2.54. The standard InChI is InChI=1S/C14H19N3O/c1-9(2)10-5-6-11(13(7-10)18-4)12-8-16-17(3)14(12)15/h5-9H,15H2,1-4H3. The molecule has 18 heavy (non-hydrogen) atoms. The minimum Gasteiger partial charge on any atom is -0.496 e. The van der Waals surface area contributed by atoms with Crippen LogP contribution in [0.1, 0.15) is 25.3 Å². The Labute approximate surface area is 107 Å². The first-order chi connectivity index (χ1) is 8.54. The van der Waals surface area contributed by atoms with Crippen molar-refractivity contribution in [1.82, 2.24) is 9.78 Å². The quantitative estimate of drug-likeness (QED) is 0.904. The SMILES string of the molecule is COc1cc(C(C)C)ccc1-c1cnn(C)c1N. The third-order valence-electron chi connectivity index (χ3n) is 3.17. The number of hydrogen-bond acceptors (Lipinski definition) is 3. The van der Waals surface area contributed by atoms with E-state index in [0.29, 0.717) is 11.7 Å². The molecular weight excluding hydrogens is 226 g/mol. The average molecular weight is 245 g/mol. The van der Waals surface area contributed by atoms with Crippen LogP contribution in [0.2, 0.25) is 0 Å². The highest BCUT2D eigenvalue weighted by Crippen LogP contribution is 2.35. The smallest absolute Gasteiger partial charge is 0.129 e. The molecule has 0 aliphatic heterocycles. The zero-order valence-corrected chi connectivity index (χ0v) is 11.3. The van der Waals surface area contributed by atoms with Crippen molar-refractivity contribution in [3.05, 3.63) is 30.0 Å². The summed E-state index contributed by atoms with van der Waals surface area (Å²) in [7, 11) is 3.50. The summed E-state index contributed by atoms with van der Waals surface area (Å²) in [5.41, 5.74) is 9.14. The maximum atomic E-state index is 6.00. The predicted molar refractivity (Wildman–Crippen MR) is 73.7 cm³/mol. The summed E-state index contributed by atoms with van der Waals surface area (Å²) < 4.78 is 7.12. The fraction of sp³-hybridized carbons (Fsp3) is 0.357. The van der Waals surface area contributed by atoms with Crippen molar-refractivity contribution < 1.29 is 4.74 Å². The number of anilines is 1. The minimum atomic E-state index is 0.471. The van der Waals surface area contributed by atoms with Gasteiger partial charge in [0.1, 0.15) is 11.6 Å². The third kappa shape index (κ3) is 2.06. The second kappa shape index (κ2) is 4.72. The normalized spacial score (nSPS) is 10.9. The van der Waals surface area contributed by atoms with Gasteiger partial charge in [-0.2, -0.15) is 5.10 Å². The first-order valence-electron chi connectivity index (χ1n) is 6.00. The minimum absolute atomic E-state index is 0.471. The van der Waals surface area contributed by atoms with E-state index in [9.17, 15) is 0 Å². The van der Waals surface area contributed by atoms with Gasteiger partial charge in [-0.1, -0.05) is 26.0 Å². The third-order valence-corrected chi connectivity index (χ3v) is 3.17. The molecule has 0 bridgehead atoms. The molecule has 0 saturated heterocycles. The van der Waals surface area contributed by atoms with Crippen LogP contribution in [-0.2, 0) is 7.05 Å². The Bertz CT molecular complexity index is 558. The number of aromatic nitrogens is 2. The molecule has 0 amide bonds. The van der Waals surface area contributed by atoms with Gasteiger partial charge < -0.3 is 10.5 Å². The lowest BCUT2D eigenvalue weighted by molar-refractivity contribution is 0.415. The van der Waals surface area contributed by atoms with Crippen LogP contribution in [0.5, 0.6) is 5.75 Å². The van der Waals surface area contributed by atoms with Gasteiger partial charge >= 0.3 is 0 Å². The molecule has 0 atom stereocenters. The van der Waals surface area contributed by atoms with Crippen LogP contribution in [0.15, 0.2) is 24.4 Å². The summed E-state index contributed by atoms with van der Waals surface area (Å²) in [6, 6.07) is 6.21. The first-order valence-corrected chi connectivity index (χ1v) is 6.00. The summed E-state index contributed by atoms with van der Waals surface area (Å²) >= 11 is 0. The molecule has 0 spiro atoms. The molecular formula is C14H19N3O. The molecule has 0 saturated carbocycles. The Morgan fingerprint density at radius 1 is 1.28 bits per heavy atom. The van der Waals surface area contributed by atoms with Gasteiger partial charge in [0.05, 0.1) is 13.3 Å². The lowest BCUT2D eigenvalue weighted by Crippen LogP contribution is -1.99. The largest absolute Gasteiger partial charge is 0.496 e. The number of nitrogens with zero attached hydrogens (tertiary/aromatic N) is 2. The van der Waals surface area contributed by atoms with Crippen molar-refractivity contribution in [2.75, 3.05) is 12.8 Å². The van der Waals surface area contributed by atoms with Crippen molar-refractivity contribution in [3.63, 3.8) is 0 Å². The Hall–Kier alpha value is -1.97. The van der Waals surface area contributed by atoms with Gasteiger partial charge in [-0.15, -0.1) is 0 Å². The molecule has 0 radical (unpaired) electrons. The zero-order valence-electron chi connectivity index (χ0n) is 11.3. The number of hydrogen-bond donors (Lipinski definition) is 1. The lowest BCUT2D eigenvalue weighted by atomic mass is 9.98. The molecule has 2 rings (SSSR count). The molecule has 0 fully saturated rings. The number of methoxy groups -OCH3 is 1. The summed E-state index contributed by atoms with van der Waals surface area (Å²) in [4.78, 5) is 0. The van der Waals surface area contributed by atoms with Crippen LogP contribution in [0, 0.1) is 0 Å². The van der Waals surface area contributed by atoms with E-state index in [1.807, 2.05) is 13.1 Å². The molecule has 1 heterocycles. The number of rotatable bonds is 3. The number of benzene rings is 1. The molecule has 2 aromatic rings. The van der Waals surface area contributed by atoms with Gasteiger partial charge in [0.25, 0.3) is 0 Å². The van der Waals surface area contributed by atoms with E-state index in [1.165, 1.54) is 5.56 Å². The van der Waals surface area contributed by atoms with Gasteiger partial charge in [-0.3, -0.25) is 4.68 Å². The van der Waals surface area contributed by atoms with E-state index in [1.54, 1.807) is 18.0 Å². The summed E-state index contributed by atoms with van der Waals surface area (Å²) in [5, 5.41) is 4.16. The molecule has 4 nitrogen and oxygen atoms in total. The maximum absolute atomic E-state index is 6.00. The molecule has 0 unspecified atom stereocenters. The molecule has 1 aromatic carbocycles. The number of nitrogen functional groups attached to an aromatic ring is 1. The number of ether oxygens (including phenoxy) is 1. The lowest BCUT2D eigenvalue weighted by Gasteiger charge is -2.12. The van der Waals surface area contributed by atoms with Gasteiger partial charge in [0.2, 0.25) is 0 Å². The second-order valence-electron chi connectivity index (χ2n) is 4.68. The van der Waals surface area contributed by atoms with Crippen molar-refractivity contribution in [2.24, 2.45) is 7.05 Å². The Kier molecular flexibility index (Phi) is 3.28. The topological polar surface area (TPSA) is 53.1 Å². The maximum Gasteiger partial charge on any atom is 0.129 e. The van der Waals surface area contributed by atoms with Crippen LogP contribution in [0.4, 0.5) is 5.82 Å². The summed E-state index contributed by atoms with van der Waals surface area (Å²) in [6.45, 7) is 4.32. The molecule has 96 valence electrons. The monoisotopic (exact) mass is 245 g/mol. The van der Waals surface area contributed by atoms with E-state index < -0.39 is 0 Å². The van der Waals surface area contributed by atoms with Crippen LogP contribution >= 0.6 is 0 Å². The van der Waals surface area contributed by atoms with Crippen molar-refractivity contribution in [3.8, 4) is 16.9 Å². The summed E-state index contributed by atoms with van der Waals surface area (Å²) in [5.74, 6) is 1.95. The van der Waals surface area contributed by atoms with Crippen LogP contribution < -0.4 is 10.5 Å². The van der Waals surface area contributed by atoms with Crippen LogP contribution in [-0.4, -0.2) is 16.9 Å². The first kappa shape index (κ1) is 12.5. The summed E-state index contributed by atoms with van der Waals surface area (Å²) in [6.07, 6.45) is 1.77. The van der Waals surface area contributed by atoms with E-state index in [4.69, 9.17) is 10.5 Å². The second-order valence-corrected chi connectivity index (χ2v) is 4.68. The van der Waals surface area contributed by atoms with Gasteiger partial charge in [0, 0.05) is 18.2 Å². The Morgan fingerprint density at radius 3 is 2.50 bits per heavy atom. The van der Waals surface area contributed by atoms with Crippen molar-refractivity contribution in [2.45, 2.75) is 19.8 Å². The van der Waals surface area contributed by atoms with Crippen molar-refractivity contribution >= 4 is 5.82 Å². The number of nitrogens with two attached hydrogens (primary N) is 1. The van der Waals surface area contributed by atoms with Gasteiger partial charge in [0.15, 0.2) is 0 Å².